The van der Waals surface area contributed by atoms with Gasteiger partial charge in [-0.3, -0.25) is 5.32 Å². The maximum Gasteiger partial charge on any atom is 0.138 e. The number of aryl methyl sites for hydroxylation is 2. The molecule has 0 aromatic carbocycles. The molecular weight excluding hydrogens is 178 g/mol. The van der Waals surface area contributed by atoms with Crippen molar-refractivity contribution in [3.05, 3.63) is 17.0 Å². The molecule has 1 aromatic heterocycles. The molecule has 1 rings (SSSR count). The van der Waals surface area contributed by atoms with Crippen molar-refractivity contribution in [2.45, 2.75) is 39.8 Å². The van der Waals surface area contributed by atoms with Crippen LogP contribution in [0.4, 0.5) is 0 Å². The fourth-order valence-electron chi connectivity index (χ4n) is 1.60. The molecule has 0 aliphatic rings. The van der Waals surface area contributed by atoms with E-state index in [9.17, 15) is 0 Å². The van der Waals surface area contributed by atoms with E-state index in [2.05, 4.69) is 16.5 Å². The highest BCUT2D eigenvalue weighted by molar-refractivity contribution is 5.24. The standard InChI is InChI=1S/C10H15N3O/c1-6(5-11)12-7(2)10-8(3)13-14-9(10)4/h6-7,12H,1-4H3. The van der Waals surface area contributed by atoms with Gasteiger partial charge in [-0.15, -0.1) is 0 Å². The van der Waals surface area contributed by atoms with Crippen LogP contribution in [0.2, 0.25) is 0 Å². The van der Waals surface area contributed by atoms with Crippen molar-refractivity contribution in [1.29, 1.82) is 5.26 Å². The van der Waals surface area contributed by atoms with Crippen molar-refractivity contribution < 1.29 is 4.52 Å². The Balaban J connectivity index is 2.80. The van der Waals surface area contributed by atoms with Crippen molar-refractivity contribution in [1.82, 2.24) is 10.5 Å². The minimum absolute atomic E-state index is 0.0934. The van der Waals surface area contributed by atoms with E-state index in [0.717, 1.165) is 17.0 Å². The molecule has 0 bridgehead atoms. The smallest absolute Gasteiger partial charge is 0.138 e. The van der Waals surface area contributed by atoms with Gasteiger partial charge in [0, 0.05) is 11.6 Å². The van der Waals surface area contributed by atoms with Gasteiger partial charge in [-0.2, -0.15) is 5.26 Å². The summed E-state index contributed by atoms with van der Waals surface area (Å²) in [5, 5.41) is 15.7. The molecule has 0 aliphatic carbocycles. The SMILES string of the molecule is Cc1noc(C)c1C(C)NC(C)C#N. The van der Waals surface area contributed by atoms with Gasteiger partial charge in [-0.25, -0.2) is 0 Å². The average molecular weight is 193 g/mol. The van der Waals surface area contributed by atoms with Gasteiger partial charge < -0.3 is 4.52 Å². The van der Waals surface area contributed by atoms with E-state index in [4.69, 9.17) is 9.78 Å². The molecular formula is C10H15N3O. The summed E-state index contributed by atoms with van der Waals surface area (Å²) in [6.07, 6.45) is 0. The van der Waals surface area contributed by atoms with Crippen LogP contribution in [0.1, 0.15) is 36.9 Å². The lowest BCUT2D eigenvalue weighted by atomic mass is 10.1. The zero-order valence-electron chi connectivity index (χ0n) is 8.96. The highest BCUT2D eigenvalue weighted by atomic mass is 16.5. The van der Waals surface area contributed by atoms with Crippen molar-refractivity contribution in [2.75, 3.05) is 0 Å². The lowest BCUT2D eigenvalue weighted by Crippen LogP contribution is -2.27. The number of rotatable bonds is 3. The first-order chi connectivity index (χ1) is 6.56. The predicted octanol–water partition coefficient (Wildman–Crippen LogP) is 1.85. The van der Waals surface area contributed by atoms with Crippen molar-refractivity contribution in [2.24, 2.45) is 0 Å². The van der Waals surface area contributed by atoms with E-state index in [1.807, 2.05) is 27.7 Å². The largest absolute Gasteiger partial charge is 0.361 e. The Labute approximate surface area is 83.9 Å². The first-order valence-corrected chi connectivity index (χ1v) is 4.64. The summed E-state index contributed by atoms with van der Waals surface area (Å²) in [4.78, 5) is 0. The number of nitriles is 1. The van der Waals surface area contributed by atoms with E-state index < -0.39 is 0 Å². The van der Waals surface area contributed by atoms with E-state index in [1.54, 1.807) is 0 Å². The number of aromatic nitrogens is 1. The van der Waals surface area contributed by atoms with Crippen molar-refractivity contribution in [3.63, 3.8) is 0 Å². The van der Waals surface area contributed by atoms with Gasteiger partial charge in [-0.05, 0) is 27.7 Å². The minimum atomic E-state index is -0.168. The van der Waals surface area contributed by atoms with E-state index in [-0.39, 0.29) is 12.1 Å². The average Bonchev–Trinajstić information content (AvgIpc) is 2.46. The molecule has 0 spiro atoms. The third-order valence-electron chi connectivity index (χ3n) is 2.22. The van der Waals surface area contributed by atoms with Gasteiger partial charge in [0.15, 0.2) is 0 Å². The summed E-state index contributed by atoms with van der Waals surface area (Å²) >= 11 is 0. The summed E-state index contributed by atoms with van der Waals surface area (Å²) in [5.74, 6) is 0.813. The maximum atomic E-state index is 8.67. The molecule has 0 amide bonds. The molecule has 0 fully saturated rings. The van der Waals surface area contributed by atoms with Crippen LogP contribution in [0, 0.1) is 25.2 Å². The van der Waals surface area contributed by atoms with E-state index in [0.29, 0.717) is 0 Å². The number of nitrogens with zero attached hydrogens (tertiary/aromatic N) is 2. The highest BCUT2D eigenvalue weighted by Gasteiger charge is 2.17. The molecule has 0 radical (unpaired) electrons. The predicted molar refractivity (Wildman–Crippen MR) is 52.6 cm³/mol. The van der Waals surface area contributed by atoms with Crippen LogP contribution < -0.4 is 5.32 Å². The summed E-state index contributed by atoms with van der Waals surface area (Å²) in [6.45, 7) is 7.61. The molecule has 76 valence electrons. The summed E-state index contributed by atoms with van der Waals surface area (Å²) < 4.78 is 5.06. The molecule has 2 atom stereocenters. The fourth-order valence-corrected chi connectivity index (χ4v) is 1.60. The lowest BCUT2D eigenvalue weighted by Gasteiger charge is -2.14. The molecule has 14 heavy (non-hydrogen) atoms. The first kappa shape index (κ1) is 10.7. The Kier molecular flexibility index (Phi) is 3.26. The topological polar surface area (TPSA) is 61.9 Å². The Hall–Kier alpha value is -1.34. The van der Waals surface area contributed by atoms with Crippen LogP contribution in [0.15, 0.2) is 4.52 Å². The van der Waals surface area contributed by atoms with Crippen molar-refractivity contribution in [3.8, 4) is 6.07 Å². The summed E-state index contributed by atoms with van der Waals surface area (Å²) in [7, 11) is 0. The molecule has 0 aliphatic heterocycles. The second kappa shape index (κ2) is 4.25. The van der Waals surface area contributed by atoms with Gasteiger partial charge in [0.2, 0.25) is 0 Å². The molecule has 1 heterocycles. The Bertz CT molecular complexity index is 331. The molecule has 2 unspecified atom stereocenters. The molecule has 4 heteroatoms. The fraction of sp³-hybridized carbons (Fsp3) is 0.600. The minimum Gasteiger partial charge on any atom is -0.361 e. The molecule has 0 saturated carbocycles. The normalized spacial score (nSPS) is 14.8. The van der Waals surface area contributed by atoms with Crippen molar-refractivity contribution >= 4 is 0 Å². The van der Waals surface area contributed by atoms with Crippen LogP contribution in [0.25, 0.3) is 0 Å². The zero-order chi connectivity index (χ0) is 10.7. The van der Waals surface area contributed by atoms with Crippen LogP contribution in [-0.4, -0.2) is 11.2 Å². The van der Waals surface area contributed by atoms with Crippen LogP contribution in [0.5, 0.6) is 0 Å². The van der Waals surface area contributed by atoms with Crippen LogP contribution >= 0.6 is 0 Å². The van der Waals surface area contributed by atoms with E-state index in [1.165, 1.54) is 0 Å². The zero-order valence-corrected chi connectivity index (χ0v) is 8.96. The number of hydrogen-bond donors (Lipinski definition) is 1. The Morgan fingerprint density at radius 3 is 2.50 bits per heavy atom. The maximum absolute atomic E-state index is 8.67. The third kappa shape index (κ3) is 2.12. The molecule has 4 nitrogen and oxygen atoms in total. The van der Waals surface area contributed by atoms with Gasteiger partial charge in [-0.1, -0.05) is 5.16 Å². The first-order valence-electron chi connectivity index (χ1n) is 4.64. The number of hydrogen-bond acceptors (Lipinski definition) is 4. The van der Waals surface area contributed by atoms with Gasteiger partial charge in [0.25, 0.3) is 0 Å². The van der Waals surface area contributed by atoms with Gasteiger partial charge in [0.1, 0.15) is 5.76 Å². The van der Waals surface area contributed by atoms with Crippen LogP contribution in [-0.2, 0) is 0 Å². The Morgan fingerprint density at radius 2 is 2.07 bits per heavy atom. The highest BCUT2D eigenvalue weighted by Crippen LogP contribution is 2.20. The quantitative estimate of drug-likeness (QED) is 0.795. The third-order valence-corrected chi connectivity index (χ3v) is 2.22. The van der Waals surface area contributed by atoms with Gasteiger partial charge >= 0.3 is 0 Å². The van der Waals surface area contributed by atoms with E-state index >= 15 is 0 Å². The molecule has 1 N–H and O–H groups in total. The second-order valence-electron chi connectivity index (χ2n) is 3.48. The molecule has 1 aromatic rings. The monoisotopic (exact) mass is 193 g/mol. The Morgan fingerprint density at radius 1 is 1.43 bits per heavy atom. The summed E-state index contributed by atoms with van der Waals surface area (Å²) in [6, 6.07) is 2.06. The lowest BCUT2D eigenvalue weighted by molar-refractivity contribution is 0.390. The second-order valence-corrected chi connectivity index (χ2v) is 3.48. The van der Waals surface area contributed by atoms with Crippen LogP contribution in [0.3, 0.4) is 0 Å². The summed E-state index contributed by atoms with van der Waals surface area (Å²) in [5.41, 5.74) is 1.93. The van der Waals surface area contributed by atoms with Gasteiger partial charge in [0.05, 0.1) is 17.8 Å². The number of nitrogens with one attached hydrogen (secondary N) is 1. The molecule has 0 saturated heterocycles.